The Morgan fingerprint density at radius 1 is 1.41 bits per heavy atom. The third-order valence-corrected chi connectivity index (χ3v) is 4.60. The van der Waals surface area contributed by atoms with Crippen molar-refractivity contribution in [2.24, 2.45) is 10.6 Å². The van der Waals surface area contributed by atoms with Crippen molar-refractivity contribution in [2.75, 3.05) is 0 Å². The molecule has 5 nitrogen and oxygen atoms in total. The molecular formula is C10H14N2O3S2. The number of rotatable bonds is 2. The first-order chi connectivity index (χ1) is 7.66. The Kier molecular flexibility index (Phi) is 2.87. The molecule has 1 heterocycles. The van der Waals surface area contributed by atoms with Crippen molar-refractivity contribution in [2.45, 2.75) is 32.4 Å². The molecule has 7 heteroatoms. The molecule has 0 saturated heterocycles. The van der Waals surface area contributed by atoms with E-state index in [1.54, 1.807) is 0 Å². The quantitative estimate of drug-likeness (QED) is 0.874. The summed E-state index contributed by atoms with van der Waals surface area (Å²) in [4.78, 5) is 16.7. The van der Waals surface area contributed by atoms with Gasteiger partial charge in [0.25, 0.3) is 0 Å². The molecule has 0 bridgehead atoms. The van der Waals surface area contributed by atoms with Crippen molar-refractivity contribution in [3.8, 4) is 0 Å². The molecule has 0 saturated carbocycles. The standard InChI is InChI=1S/C10H14N2O3S2/c1-10(2)3-6-9(7(13)4-10)16-8(12-6)5-17(11,14)15/h3-5H2,1-2H3,(H2,11,14,15). The number of aromatic nitrogens is 1. The number of carbonyl (C=O) groups excluding carboxylic acids is 1. The lowest BCUT2D eigenvalue weighted by Gasteiger charge is -2.26. The van der Waals surface area contributed by atoms with E-state index in [1.807, 2.05) is 13.8 Å². The molecule has 2 N–H and O–H groups in total. The Balaban J connectivity index is 2.37. The fourth-order valence-corrected chi connectivity index (χ4v) is 3.95. The highest BCUT2D eigenvalue weighted by Gasteiger charge is 2.34. The minimum absolute atomic E-state index is 0.0504. The molecule has 0 amide bonds. The number of primary sulfonamides is 1. The maximum absolute atomic E-state index is 11.9. The summed E-state index contributed by atoms with van der Waals surface area (Å²) in [5.74, 6) is -0.243. The van der Waals surface area contributed by atoms with Crippen LogP contribution in [0, 0.1) is 5.41 Å². The number of fused-ring (bicyclic) bond motifs is 1. The maximum atomic E-state index is 11.9. The van der Waals surface area contributed by atoms with Gasteiger partial charge in [-0.25, -0.2) is 18.5 Å². The summed E-state index contributed by atoms with van der Waals surface area (Å²) >= 11 is 1.15. The number of sulfonamides is 1. The summed E-state index contributed by atoms with van der Waals surface area (Å²) in [7, 11) is -3.59. The number of nitrogens with two attached hydrogens (primary N) is 1. The second-order valence-corrected chi connectivity index (χ2v) is 7.83. The van der Waals surface area contributed by atoms with E-state index in [4.69, 9.17) is 5.14 Å². The van der Waals surface area contributed by atoms with Gasteiger partial charge in [-0.05, 0) is 11.8 Å². The summed E-state index contributed by atoms with van der Waals surface area (Å²) in [5, 5.41) is 5.37. The van der Waals surface area contributed by atoms with E-state index >= 15 is 0 Å². The minimum atomic E-state index is -3.59. The van der Waals surface area contributed by atoms with Crippen LogP contribution in [0.15, 0.2) is 0 Å². The van der Waals surface area contributed by atoms with Gasteiger partial charge in [-0.3, -0.25) is 4.79 Å². The molecule has 94 valence electrons. The Bertz CT molecular complexity index is 572. The zero-order valence-electron chi connectivity index (χ0n) is 9.69. The molecular weight excluding hydrogens is 260 g/mol. The van der Waals surface area contributed by atoms with Gasteiger partial charge < -0.3 is 0 Å². The third kappa shape index (κ3) is 2.91. The van der Waals surface area contributed by atoms with E-state index in [1.165, 1.54) is 0 Å². The molecule has 1 aromatic heterocycles. The SMILES string of the molecule is CC1(C)CC(=O)c2sc(CS(N)(=O)=O)nc2C1. The molecule has 0 atom stereocenters. The van der Waals surface area contributed by atoms with E-state index < -0.39 is 10.0 Å². The van der Waals surface area contributed by atoms with Gasteiger partial charge in [0.05, 0.1) is 10.6 Å². The molecule has 0 aliphatic heterocycles. The van der Waals surface area contributed by atoms with Crippen LogP contribution in [0.3, 0.4) is 0 Å². The Morgan fingerprint density at radius 3 is 2.65 bits per heavy atom. The van der Waals surface area contributed by atoms with E-state index in [-0.39, 0.29) is 17.0 Å². The summed E-state index contributed by atoms with van der Waals surface area (Å²) in [6, 6.07) is 0. The Morgan fingerprint density at radius 2 is 2.06 bits per heavy atom. The van der Waals surface area contributed by atoms with Gasteiger partial charge in [0.2, 0.25) is 10.0 Å². The number of Topliss-reactive ketones (excluding diaryl/α,β-unsaturated/α-hetero) is 1. The van der Waals surface area contributed by atoms with Crippen LogP contribution in [0.25, 0.3) is 0 Å². The van der Waals surface area contributed by atoms with Gasteiger partial charge in [-0.1, -0.05) is 13.8 Å². The average molecular weight is 274 g/mol. The van der Waals surface area contributed by atoms with E-state index in [9.17, 15) is 13.2 Å². The van der Waals surface area contributed by atoms with Crippen molar-refractivity contribution in [1.82, 2.24) is 4.98 Å². The van der Waals surface area contributed by atoms with Crippen molar-refractivity contribution in [3.63, 3.8) is 0 Å². The van der Waals surface area contributed by atoms with Gasteiger partial charge >= 0.3 is 0 Å². The van der Waals surface area contributed by atoms with Crippen molar-refractivity contribution < 1.29 is 13.2 Å². The summed E-state index contributed by atoms with van der Waals surface area (Å²) < 4.78 is 22.0. The minimum Gasteiger partial charge on any atom is -0.293 e. The van der Waals surface area contributed by atoms with Crippen LogP contribution in [-0.2, 0) is 22.2 Å². The second kappa shape index (κ2) is 3.86. The van der Waals surface area contributed by atoms with Crippen molar-refractivity contribution in [1.29, 1.82) is 0 Å². The van der Waals surface area contributed by atoms with Crippen LogP contribution < -0.4 is 5.14 Å². The molecule has 1 aliphatic carbocycles. The van der Waals surface area contributed by atoms with Crippen LogP contribution in [0.5, 0.6) is 0 Å². The first-order valence-electron chi connectivity index (χ1n) is 5.19. The molecule has 2 rings (SSSR count). The molecule has 0 radical (unpaired) electrons. The lowest BCUT2D eigenvalue weighted by atomic mass is 9.78. The van der Waals surface area contributed by atoms with Gasteiger partial charge in [0, 0.05) is 6.42 Å². The number of hydrogen-bond donors (Lipinski definition) is 1. The molecule has 0 fully saturated rings. The van der Waals surface area contributed by atoms with Gasteiger partial charge in [0.1, 0.15) is 10.8 Å². The van der Waals surface area contributed by atoms with E-state index in [0.717, 1.165) is 17.0 Å². The molecule has 17 heavy (non-hydrogen) atoms. The molecule has 0 unspecified atom stereocenters. The Labute approximate surface area is 104 Å². The number of nitrogens with zero attached hydrogens (tertiary/aromatic N) is 1. The van der Waals surface area contributed by atoms with Crippen LogP contribution >= 0.6 is 11.3 Å². The highest BCUT2D eigenvalue weighted by molar-refractivity contribution is 7.88. The van der Waals surface area contributed by atoms with Crippen LogP contribution in [0.4, 0.5) is 0 Å². The summed E-state index contributed by atoms with van der Waals surface area (Å²) in [6.07, 6.45) is 1.19. The highest BCUT2D eigenvalue weighted by atomic mass is 32.2. The van der Waals surface area contributed by atoms with Crippen molar-refractivity contribution >= 4 is 27.1 Å². The largest absolute Gasteiger partial charge is 0.293 e. The van der Waals surface area contributed by atoms with Crippen LogP contribution in [0.2, 0.25) is 0 Å². The Hall–Kier alpha value is -0.790. The lowest BCUT2D eigenvalue weighted by molar-refractivity contribution is 0.0916. The van der Waals surface area contributed by atoms with Gasteiger partial charge in [-0.15, -0.1) is 11.3 Å². The van der Waals surface area contributed by atoms with Crippen LogP contribution in [-0.4, -0.2) is 19.2 Å². The predicted octanol–water partition coefficient (Wildman–Crippen LogP) is 1.09. The van der Waals surface area contributed by atoms with E-state index in [0.29, 0.717) is 22.7 Å². The van der Waals surface area contributed by atoms with Crippen molar-refractivity contribution in [3.05, 3.63) is 15.6 Å². The average Bonchev–Trinajstić information content (AvgIpc) is 2.41. The summed E-state index contributed by atoms with van der Waals surface area (Å²) in [6.45, 7) is 4.01. The molecule has 1 aliphatic rings. The molecule has 1 aromatic rings. The fraction of sp³-hybridized carbons (Fsp3) is 0.600. The number of hydrogen-bond acceptors (Lipinski definition) is 5. The zero-order chi connectivity index (χ0) is 12.8. The summed E-state index contributed by atoms with van der Waals surface area (Å²) in [5.41, 5.74) is 0.617. The maximum Gasteiger partial charge on any atom is 0.215 e. The lowest BCUT2D eigenvalue weighted by Crippen LogP contribution is -2.26. The smallest absolute Gasteiger partial charge is 0.215 e. The first-order valence-corrected chi connectivity index (χ1v) is 7.72. The monoisotopic (exact) mass is 274 g/mol. The molecule has 0 aromatic carbocycles. The molecule has 0 spiro atoms. The van der Waals surface area contributed by atoms with E-state index in [2.05, 4.69) is 4.98 Å². The van der Waals surface area contributed by atoms with Gasteiger partial charge in [-0.2, -0.15) is 0 Å². The topological polar surface area (TPSA) is 90.1 Å². The second-order valence-electron chi connectivity index (χ2n) is 5.13. The number of thiazole rings is 1. The zero-order valence-corrected chi connectivity index (χ0v) is 11.3. The number of ketones is 1. The van der Waals surface area contributed by atoms with Crippen LogP contribution in [0.1, 0.15) is 40.6 Å². The third-order valence-electron chi connectivity index (χ3n) is 2.60. The highest BCUT2D eigenvalue weighted by Crippen LogP contribution is 2.37. The normalized spacial score (nSPS) is 19.1. The van der Waals surface area contributed by atoms with Gasteiger partial charge in [0.15, 0.2) is 5.78 Å². The number of carbonyl (C=O) groups is 1. The predicted molar refractivity (Wildman–Crippen MR) is 65.4 cm³/mol. The first kappa shape index (κ1) is 12.7. The fourth-order valence-electron chi connectivity index (χ4n) is 2.00.